The van der Waals surface area contributed by atoms with E-state index in [2.05, 4.69) is 24.9 Å². The Bertz CT molecular complexity index is 802. The van der Waals surface area contributed by atoms with E-state index in [-0.39, 0.29) is 30.2 Å². The van der Waals surface area contributed by atoms with Crippen LogP contribution in [0.25, 0.3) is 5.69 Å². The zero-order chi connectivity index (χ0) is 20.0. The van der Waals surface area contributed by atoms with E-state index in [1.165, 1.54) is 27.8 Å². The molecule has 0 aliphatic heterocycles. The van der Waals surface area contributed by atoms with Gasteiger partial charge in [-0.3, -0.25) is 14.2 Å². The molecule has 1 aromatic carbocycles. The van der Waals surface area contributed by atoms with Gasteiger partial charge >= 0.3 is 5.97 Å². The number of hydrogen-bond acceptors (Lipinski definition) is 5. The Morgan fingerprint density at radius 1 is 1.30 bits per heavy atom. The minimum absolute atomic E-state index is 0.0314. The van der Waals surface area contributed by atoms with Crippen molar-refractivity contribution in [2.75, 3.05) is 18.9 Å². The number of aryl methyl sites for hydroxylation is 1. The highest BCUT2D eigenvalue weighted by Gasteiger charge is 2.21. The summed E-state index contributed by atoms with van der Waals surface area (Å²) in [7, 11) is 0. The largest absolute Gasteiger partial charge is 0.465 e. The molecule has 1 aromatic heterocycles. The van der Waals surface area contributed by atoms with Crippen molar-refractivity contribution in [3.63, 3.8) is 0 Å². The Labute approximate surface area is 164 Å². The van der Waals surface area contributed by atoms with Crippen LogP contribution < -0.4 is 0 Å². The summed E-state index contributed by atoms with van der Waals surface area (Å²) in [5.41, 5.74) is 3.43. The molecule has 1 heterocycles. The number of thioether (sulfide) groups is 1. The van der Waals surface area contributed by atoms with Crippen molar-refractivity contribution in [3.8, 4) is 5.69 Å². The van der Waals surface area contributed by atoms with Gasteiger partial charge in [-0.25, -0.2) is 4.98 Å². The van der Waals surface area contributed by atoms with E-state index >= 15 is 0 Å². The summed E-state index contributed by atoms with van der Waals surface area (Å²) in [4.78, 5) is 30.3. The fourth-order valence-corrected chi connectivity index (χ4v) is 3.54. The molecule has 146 valence electrons. The van der Waals surface area contributed by atoms with Crippen LogP contribution in [0.4, 0.5) is 0 Å². The molecule has 0 fully saturated rings. The summed E-state index contributed by atoms with van der Waals surface area (Å²) in [6.45, 7) is 9.95. The lowest BCUT2D eigenvalue weighted by molar-refractivity contribution is -0.149. The van der Waals surface area contributed by atoms with Gasteiger partial charge in [0.1, 0.15) is 6.54 Å². The Kier molecular flexibility index (Phi) is 7.47. The molecule has 0 aliphatic rings. The third kappa shape index (κ3) is 5.35. The van der Waals surface area contributed by atoms with Gasteiger partial charge in [-0.2, -0.15) is 0 Å². The quantitative estimate of drug-likeness (QED) is 0.512. The summed E-state index contributed by atoms with van der Waals surface area (Å²) >= 11 is 1.37. The van der Waals surface area contributed by atoms with Crippen LogP contribution in [0.15, 0.2) is 35.7 Å². The number of esters is 1. The molecule has 0 unspecified atom stereocenters. The van der Waals surface area contributed by atoms with Gasteiger partial charge in [0.05, 0.1) is 18.0 Å². The molecule has 0 radical (unpaired) electrons. The summed E-state index contributed by atoms with van der Waals surface area (Å²) in [6, 6.07) is 6.04. The highest BCUT2D eigenvalue weighted by molar-refractivity contribution is 7.99. The molecule has 0 N–H and O–H groups in total. The molecule has 6 nitrogen and oxygen atoms in total. The van der Waals surface area contributed by atoms with Crippen LogP contribution in [-0.4, -0.2) is 51.3 Å². The molecule has 1 amide bonds. The number of carbonyl (C=O) groups excluding carboxylic acids is 2. The van der Waals surface area contributed by atoms with Gasteiger partial charge in [-0.1, -0.05) is 23.9 Å². The molecule has 0 aliphatic carbocycles. The van der Waals surface area contributed by atoms with Gasteiger partial charge in [0.2, 0.25) is 5.91 Å². The highest BCUT2D eigenvalue weighted by Crippen LogP contribution is 2.24. The topological polar surface area (TPSA) is 64.4 Å². The third-order valence-electron chi connectivity index (χ3n) is 4.32. The van der Waals surface area contributed by atoms with Crippen LogP contribution in [0, 0.1) is 13.8 Å². The van der Waals surface area contributed by atoms with Gasteiger partial charge in [0.25, 0.3) is 0 Å². The number of nitrogens with zero attached hydrogens (tertiary/aromatic N) is 3. The molecule has 0 bridgehead atoms. The van der Waals surface area contributed by atoms with Crippen molar-refractivity contribution < 1.29 is 14.3 Å². The molecule has 2 aromatic rings. The zero-order valence-corrected chi connectivity index (χ0v) is 17.4. The summed E-state index contributed by atoms with van der Waals surface area (Å²) < 4.78 is 6.96. The first kappa shape index (κ1) is 21.0. The first-order valence-electron chi connectivity index (χ1n) is 9.03. The minimum Gasteiger partial charge on any atom is -0.465 e. The first-order chi connectivity index (χ1) is 12.8. The normalized spacial score (nSPS) is 10.9. The van der Waals surface area contributed by atoms with Crippen LogP contribution in [0.2, 0.25) is 0 Å². The number of amides is 1. The van der Waals surface area contributed by atoms with E-state index in [4.69, 9.17) is 4.74 Å². The van der Waals surface area contributed by atoms with Crippen molar-refractivity contribution in [2.45, 2.75) is 45.8 Å². The van der Waals surface area contributed by atoms with E-state index in [1.54, 1.807) is 13.1 Å². The lowest BCUT2D eigenvalue weighted by atomic mass is 10.1. The van der Waals surface area contributed by atoms with Crippen molar-refractivity contribution >= 4 is 23.6 Å². The van der Waals surface area contributed by atoms with E-state index in [1.807, 2.05) is 36.7 Å². The van der Waals surface area contributed by atoms with E-state index in [0.29, 0.717) is 6.61 Å². The highest BCUT2D eigenvalue weighted by atomic mass is 32.2. The number of rotatable bonds is 8. The zero-order valence-electron chi connectivity index (χ0n) is 16.6. The van der Waals surface area contributed by atoms with Crippen LogP contribution in [0.1, 0.15) is 31.9 Å². The minimum atomic E-state index is -0.388. The maximum atomic E-state index is 12.6. The van der Waals surface area contributed by atoms with Crippen molar-refractivity contribution in [2.24, 2.45) is 0 Å². The number of hydrogen-bond donors (Lipinski definition) is 0. The second-order valence-electron chi connectivity index (χ2n) is 6.51. The smallest absolute Gasteiger partial charge is 0.325 e. The van der Waals surface area contributed by atoms with Crippen LogP contribution in [0.3, 0.4) is 0 Å². The Morgan fingerprint density at radius 2 is 2.04 bits per heavy atom. The van der Waals surface area contributed by atoms with E-state index in [0.717, 1.165) is 10.8 Å². The monoisotopic (exact) mass is 389 g/mol. The fourth-order valence-electron chi connectivity index (χ4n) is 2.69. The van der Waals surface area contributed by atoms with Crippen molar-refractivity contribution in [1.29, 1.82) is 0 Å². The predicted molar refractivity (Wildman–Crippen MR) is 107 cm³/mol. The Morgan fingerprint density at radius 3 is 2.70 bits per heavy atom. The molecule has 27 heavy (non-hydrogen) atoms. The Hall–Kier alpha value is -2.28. The standard InChI is InChI=1S/C20H27N3O3S/c1-6-26-19(25)12-23(14(2)3)18(24)13-27-20-21-10-11-22(20)17-9-7-8-15(4)16(17)5/h7-11,14H,6,12-13H2,1-5H3. The Balaban J connectivity index is 2.10. The molecule has 0 saturated carbocycles. The van der Waals surface area contributed by atoms with Gasteiger partial charge in [0.15, 0.2) is 5.16 Å². The number of aromatic nitrogens is 2. The number of ether oxygens (including phenoxy) is 1. The van der Waals surface area contributed by atoms with Gasteiger partial charge in [0, 0.05) is 18.4 Å². The van der Waals surface area contributed by atoms with E-state index in [9.17, 15) is 9.59 Å². The molecular formula is C20H27N3O3S. The van der Waals surface area contributed by atoms with Crippen LogP contribution in [-0.2, 0) is 14.3 Å². The molecule has 7 heteroatoms. The maximum absolute atomic E-state index is 12.6. The SMILES string of the molecule is CCOC(=O)CN(C(=O)CSc1nccn1-c1cccc(C)c1C)C(C)C. The van der Waals surface area contributed by atoms with Gasteiger partial charge in [-0.15, -0.1) is 0 Å². The van der Waals surface area contributed by atoms with Crippen LogP contribution in [0.5, 0.6) is 0 Å². The number of imidazole rings is 1. The number of benzene rings is 1. The summed E-state index contributed by atoms with van der Waals surface area (Å²) in [6.07, 6.45) is 3.63. The fraction of sp³-hybridized carbons (Fsp3) is 0.450. The molecular weight excluding hydrogens is 362 g/mol. The van der Waals surface area contributed by atoms with E-state index < -0.39 is 0 Å². The summed E-state index contributed by atoms with van der Waals surface area (Å²) in [5, 5.41) is 0.747. The first-order valence-corrected chi connectivity index (χ1v) is 10.0. The van der Waals surface area contributed by atoms with Crippen molar-refractivity contribution in [3.05, 3.63) is 41.7 Å². The molecule has 0 spiro atoms. The predicted octanol–water partition coefficient (Wildman–Crippen LogP) is 3.38. The molecule has 2 rings (SSSR count). The van der Waals surface area contributed by atoms with Crippen LogP contribution >= 0.6 is 11.8 Å². The molecule has 0 atom stereocenters. The third-order valence-corrected chi connectivity index (χ3v) is 5.27. The number of carbonyl (C=O) groups is 2. The average Bonchev–Trinajstić information content (AvgIpc) is 3.08. The summed E-state index contributed by atoms with van der Waals surface area (Å²) in [5.74, 6) is -0.292. The molecule has 0 saturated heterocycles. The second kappa shape index (κ2) is 9.60. The van der Waals surface area contributed by atoms with Gasteiger partial charge < -0.3 is 9.64 Å². The lowest BCUT2D eigenvalue weighted by Gasteiger charge is -2.25. The van der Waals surface area contributed by atoms with Gasteiger partial charge in [-0.05, 0) is 51.8 Å². The average molecular weight is 390 g/mol. The van der Waals surface area contributed by atoms with Crippen molar-refractivity contribution in [1.82, 2.24) is 14.5 Å². The maximum Gasteiger partial charge on any atom is 0.325 e. The lowest BCUT2D eigenvalue weighted by Crippen LogP contribution is -2.42. The second-order valence-corrected chi connectivity index (χ2v) is 7.45.